The molecule has 0 aliphatic carbocycles. The van der Waals surface area contributed by atoms with E-state index in [1.54, 1.807) is 29.3 Å². The third-order valence-corrected chi connectivity index (χ3v) is 4.97. The number of hydrogen-bond donors (Lipinski definition) is 1. The molecule has 2 aromatic carbocycles. The molecule has 4 aromatic rings. The van der Waals surface area contributed by atoms with E-state index < -0.39 is 5.82 Å². The molecule has 0 saturated carbocycles. The molecule has 1 N–H and O–H groups in total. The Hall–Kier alpha value is -3.36. The molecule has 31 heavy (non-hydrogen) atoms. The van der Waals surface area contributed by atoms with Crippen molar-refractivity contribution in [2.45, 2.75) is 13.3 Å². The van der Waals surface area contributed by atoms with Crippen molar-refractivity contribution in [2.75, 3.05) is 5.32 Å². The van der Waals surface area contributed by atoms with Gasteiger partial charge in [-0.05, 0) is 29.8 Å². The van der Waals surface area contributed by atoms with Crippen molar-refractivity contribution in [3.63, 3.8) is 0 Å². The van der Waals surface area contributed by atoms with Gasteiger partial charge in [-0.1, -0.05) is 41.4 Å². The van der Waals surface area contributed by atoms with E-state index >= 15 is 0 Å². The predicted octanol–water partition coefficient (Wildman–Crippen LogP) is 4.86. The number of nitrogens with zero attached hydrogens (tertiary/aromatic N) is 4. The molecule has 0 aliphatic rings. The summed E-state index contributed by atoms with van der Waals surface area (Å²) in [5, 5.41) is 11.8. The van der Waals surface area contributed by atoms with Gasteiger partial charge in [0.1, 0.15) is 11.6 Å². The number of carbonyl (C=O) groups excluding carboxylic acids is 1. The van der Waals surface area contributed by atoms with Crippen LogP contribution in [0.25, 0.3) is 0 Å². The highest BCUT2D eigenvalue weighted by Gasteiger charge is 2.12. The van der Waals surface area contributed by atoms with Crippen molar-refractivity contribution in [1.82, 2.24) is 19.6 Å². The Bertz CT molecular complexity index is 1220. The van der Waals surface area contributed by atoms with Crippen LogP contribution in [0.5, 0.6) is 5.75 Å². The smallest absolute Gasteiger partial charge is 0.276 e. The number of aromatic nitrogens is 4. The quantitative estimate of drug-likeness (QED) is 0.428. The summed E-state index contributed by atoms with van der Waals surface area (Å²) in [7, 11) is 0. The van der Waals surface area contributed by atoms with E-state index in [-0.39, 0.29) is 23.4 Å². The molecule has 2 heterocycles. The molecule has 1 amide bonds. The maximum atomic E-state index is 13.2. The Morgan fingerprint density at radius 1 is 1.10 bits per heavy atom. The SMILES string of the molecule is O=C(Nc1cnn(Cc2ccccc2Cl)c1)c1ccn(COc2ccc(F)c(Cl)c2)n1. The van der Waals surface area contributed by atoms with E-state index in [0.29, 0.717) is 23.0 Å². The maximum absolute atomic E-state index is 13.2. The molecule has 0 spiro atoms. The first-order chi connectivity index (χ1) is 15.0. The Kier molecular flexibility index (Phi) is 6.20. The third-order valence-electron chi connectivity index (χ3n) is 4.31. The lowest BCUT2D eigenvalue weighted by molar-refractivity contribution is 0.102. The molecule has 2 aromatic heterocycles. The fourth-order valence-corrected chi connectivity index (χ4v) is 3.14. The Balaban J connectivity index is 1.34. The van der Waals surface area contributed by atoms with Crippen LogP contribution in [0.4, 0.5) is 10.1 Å². The molecule has 0 fully saturated rings. The number of carbonyl (C=O) groups is 1. The highest BCUT2D eigenvalue weighted by Crippen LogP contribution is 2.21. The maximum Gasteiger partial charge on any atom is 0.276 e. The van der Waals surface area contributed by atoms with Crippen molar-refractivity contribution >= 4 is 34.8 Å². The second kappa shape index (κ2) is 9.20. The van der Waals surface area contributed by atoms with Crippen LogP contribution in [0.1, 0.15) is 16.1 Å². The topological polar surface area (TPSA) is 74.0 Å². The zero-order chi connectivity index (χ0) is 21.8. The lowest BCUT2D eigenvalue weighted by atomic mass is 10.2. The monoisotopic (exact) mass is 459 g/mol. The standard InChI is InChI=1S/C21H16Cl2FN5O2/c22-17-4-2-1-3-14(17)11-29-12-15(10-25-29)26-21(30)20-7-8-28(27-20)13-31-16-5-6-19(24)18(23)9-16/h1-10,12H,11,13H2,(H,26,30). The summed E-state index contributed by atoms with van der Waals surface area (Å²) < 4.78 is 21.8. The number of anilines is 1. The molecule has 0 radical (unpaired) electrons. The number of hydrogen-bond acceptors (Lipinski definition) is 4. The van der Waals surface area contributed by atoms with Gasteiger partial charge in [-0.15, -0.1) is 0 Å². The van der Waals surface area contributed by atoms with Crippen LogP contribution in [0, 0.1) is 5.82 Å². The van der Waals surface area contributed by atoms with Gasteiger partial charge in [0.25, 0.3) is 5.91 Å². The van der Waals surface area contributed by atoms with Gasteiger partial charge >= 0.3 is 0 Å². The molecule has 10 heteroatoms. The molecule has 0 unspecified atom stereocenters. The van der Waals surface area contributed by atoms with E-state index in [4.69, 9.17) is 27.9 Å². The highest BCUT2D eigenvalue weighted by atomic mass is 35.5. The van der Waals surface area contributed by atoms with Crippen LogP contribution in [0.15, 0.2) is 67.1 Å². The summed E-state index contributed by atoms with van der Waals surface area (Å²) >= 11 is 11.9. The molecule has 0 saturated heterocycles. The van der Waals surface area contributed by atoms with Crippen molar-refractivity contribution in [3.05, 3.63) is 94.2 Å². The molecule has 0 atom stereocenters. The van der Waals surface area contributed by atoms with Crippen LogP contribution in [0.2, 0.25) is 10.0 Å². The first-order valence-electron chi connectivity index (χ1n) is 9.16. The molecular formula is C21H16Cl2FN5O2. The van der Waals surface area contributed by atoms with Crippen LogP contribution in [-0.4, -0.2) is 25.5 Å². The van der Waals surface area contributed by atoms with E-state index in [1.807, 2.05) is 24.3 Å². The summed E-state index contributed by atoms with van der Waals surface area (Å²) in [5.74, 6) is -0.526. The lowest BCUT2D eigenvalue weighted by Crippen LogP contribution is -2.14. The molecule has 4 rings (SSSR count). The van der Waals surface area contributed by atoms with Crippen molar-refractivity contribution in [3.8, 4) is 5.75 Å². The minimum atomic E-state index is -0.526. The first kappa shape index (κ1) is 20.9. The van der Waals surface area contributed by atoms with Gasteiger partial charge in [0.15, 0.2) is 12.4 Å². The summed E-state index contributed by atoms with van der Waals surface area (Å²) in [6.45, 7) is 0.514. The summed E-state index contributed by atoms with van der Waals surface area (Å²) in [4.78, 5) is 12.5. The fourth-order valence-electron chi connectivity index (χ4n) is 2.77. The van der Waals surface area contributed by atoms with E-state index in [1.165, 1.54) is 22.9 Å². The molecular weight excluding hydrogens is 444 g/mol. The average Bonchev–Trinajstić information content (AvgIpc) is 3.40. The van der Waals surface area contributed by atoms with Gasteiger partial charge in [-0.2, -0.15) is 10.2 Å². The minimum absolute atomic E-state index is 0.0327. The Morgan fingerprint density at radius 2 is 1.94 bits per heavy atom. The van der Waals surface area contributed by atoms with Crippen LogP contribution in [-0.2, 0) is 13.3 Å². The van der Waals surface area contributed by atoms with Crippen LogP contribution >= 0.6 is 23.2 Å². The van der Waals surface area contributed by atoms with Crippen molar-refractivity contribution in [2.24, 2.45) is 0 Å². The van der Waals surface area contributed by atoms with Gasteiger partial charge in [-0.3, -0.25) is 9.48 Å². The zero-order valence-corrected chi connectivity index (χ0v) is 17.5. The van der Waals surface area contributed by atoms with Crippen molar-refractivity contribution in [1.29, 1.82) is 0 Å². The second-order valence-corrected chi connectivity index (χ2v) is 7.38. The zero-order valence-electron chi connectivity index (χ0n) is 16.0. The highest BCUT2D eigenvalue weighted by molar-refractivity contribution is 6.31. The fraction of sp³-hybridized carbons (Fsp3) is 0.0952. The van der Waals surface area contributed by atoms with Gasteiger partial charge < -0.3 is 10.1 Å². The van der Waals surface area contributed by atoms with E-state index in [9.17, 15) is 9.18 Å². The Morgan fingerprint density at radius 3 is 2.74 bits per heavy atom. The Labute approximate surface area is 187 Å². The average molecular weight is 460 g/mol. The number of amides is 1. The lowest BCUT2D eigenvalue weighted by Gasteiger charge is -2.06. The van der Waals surface area contributed by atoms with Gasteiger partial charge in [0.05, 0.1) is 23.5 Å². The molecule has 0 bridgehead atoms. The molecule has 158 valence electrons. The largest absolute Gasteiger partial charge is 0.471 e. The normalized spacial score (nSPS) is 10.8. The number of ether oxygens (including phenoxy) is 1. The first-order valence-corrected chi connectivity index (χ1v) is 9.92. The minimum Gasteiger partial charge on any atom is -0.471 e. The number of halogens is 3. The van der Waals surface area contributed by atoms with E-state index in [0.717, 1.165) is 5.56 Å². The van der Waals surface area contributed by atoms with E-state index in [2.05, 4.69) is 15.5 Å². The second-order valence-electron chi connectivity index (χ2n) is 6.56. The number of benzene rings is 2. The van der Waals surface area contributed by atoms with Crippen LogP contribution in [0.3, 0.4) is 0 Å². The number of nitrogens with one attached hydrogen (secondary N) is 1. The summed E-state index contributed by atoms with van der Waals surface area (Å²) in [5.41, 5.74) is 1.66. The van der Waals surface area contributed by atoms with Crippen LogP contribution < -0.4 is 10.1 Å². The third kappa shape index (κ3) is 5.22. The van der Waals surface area contributed by atoms with Gasteiger partial charge in [0, 0.05) is 23.5 Å². The molecule has 0 aliphatic heterocycles. The van der Waals surface area contributed by atoms with Gasteiger partial charge in [-0.25, -0.2) is 9.07 Å². The summed E-state index contributed by atoms with van der Waals surface area (Å²) in [6.07, 6.45) is 4.85. The van der Waals surface area contributed by atoms with Crippen molar-refractivity contribution < 1.29 is 13.9 Å². The predicted molar refractivity (Wildman–Crippen MR) is 115 cm³/mol. The summed E-state index contributed by atoms with van der Waals surface area (Å²) in [6, 6.07) is 13.1. The molecule has 7 nitrogen and oxygen atoms in total. The number of rotatable bonds is 7. The van der Waals surface area contributed by atoms with Gasteiger partial charge in [0.2, 0.25) is 0 Å².